The van der Waals surface area contributed by atoms with E-state index in [1.165, 1.54) is 18.0 Å². The molecule has 1 fully saturated rings. The third kappa shape index (κ3) is 3.76. The quantitative estimate of drug-likeness (QED) is 0.656. The van der Waals surface area contributed by atoms with E-state index < -0.39 is 0 Å². The van der Waals surface area contributed by atoms with Gasteiger partial charge in [-0.05, 0) is 43.0 Å². The monoisotopic (exact) mass is 415 g/mol. The highest BCUT2D eigenvalue weighted by molar-refractivity contribution is 6.30. The number of imidazole rings is 1. The van der Waals surface area contributed by atoms with E-state index in [0.717, 1.165) is 35.5 Å². The Bertz CT molecular complexity index is 1180. The number of hydrogen-bond donors (Lipinski definition) is 0. The van der Waals surface area contributed by atoms with Crippen LogP contribution in [0.1, 0.15) is 31.2 Å². The van der Waals surface area contributed by atoms with Gasteiger partial charge in [0.15, 0.2) is 11.2 Å². The van der Waals surface area contributed by atoms with Crippen LogP contribution in [0.15, 0.2) is 33.9 Å². The molecular formula is C21H26ClN5O2. The highest BCUT2D eigenvalue weighted by atomic mass is 35.5. The molecule has 29 heavy (non-hydrogen) atoms. The maximum absolute atomic E-state index is 13.0. The zero-order valence-electron chi connectivity index (χ0n) is 17.1. The predicted molar refractivity (Wildman–Crippen MR) is 114 cm³/mol. The maximum atomic E-state index is 13.0. The highest BCUT2D eigenvalue weighted by Crippen LogP contribution is 2.21. The molecule has 1 atom stereocenters. The molecule has 1 aliphatic heterocycles. The molecule has 1 aliphatic rings. The molecule has 0 radical (unpaired) electrons. The van der Waals surface area contributed by atoms with Gasteiger partial charge in [0.2, 0.25) is 0 Å². The van der Waals surface area contributed by atoms with Gasteiger partial charge in [0.25, 0.3) is 5.56 Å². The van der Waals surface area contributed by atoms with Crippen molar-refractivity contribution in [3.63, 3.8) is 0 Å². The van der Waals surface area contributed by atoms with Crippen molar-refractivity contribution in [1.29, 1.82) is 0 Å². The molecule has 0 N–H and O–H groups in total. The van der Waals surface area contributed by atoms with Crippen molar-refractivity contribution in [3.05, 3.63) is 61.5 Å². The molecule has 3 aromatic rings. The molecule has 1 aromatic carbocycles. The summed E-state index contributed by atoms with van der Waals surface area (Å²) in [5, 5.41) is 0.652. The summed E-state index contributed by atoms with van der Waals surface area (Å²) < 4.78 is 4.54. The fraction of sp³-hybridized carbons (Fsp3) is 0.476. The Morgan fingerprint density at radius 1 is 1.17 bits per heavy atom. The third-order valence-corrected chi connectivity index (χ3v) is 6.00. The van der Waals surface area contributed by atoms with Crippen molar-refractivity contribution in [3.8, 4) is 0 Å². The number of aromatic nitrogens is 4. The Morgan fingerprint density at radius 3 is 2.69 bits per heavy atom. The van der Waals surface area contributed by atoms with Gasteiger partial charge >= 0.3 is 5.69 Å². The molecule has 4 rings (SSSR count). The van der Waals surface area contributed by atoms with Crippen LogP contribution in [0.3, 0.4) is 0 Å². The fourth-order valence-corrected chi connectivity index (χ4v) is 4.44. The van der Waals surface area contributed by atoms with Crippen LogP contribution >= 0.6 is 11.6 Å². The fourth-order valence-electron chi connectivity index (χ4n) is 4.23. The molecule has 0 saturated carbocycles. The minimum atomic E-state index is -0.368. The van der Waals surface area contributed by atoms with Gasteiger partial charge in [0.05, 0.1) is 6.54 Å². The average Bonchev–Trinajstić information content (AvgIpc) is 3.03. The number of halogens is 1. The van der Waals surface area contributed by atoms with Gasteiger partial charge < -0.3 is 4.57 Å². The van der Waals surface area contributed by atoms with Gasteiger partial charge in [-0.2, -0.15) is 0 Å². The molecule has 0 spiro atoms. The molecule has 154 valence electrons. The Hall–Kier alpha value is -2.38. The van der Waals surface area contributed by atoms with Gasteiger partial charge in [-0.25, -0.2) is 9.78 Å². The number of benzene rings is 1. The van der Waals surface area contributed by atoms with Gasteiger partial charge in [0.1, 0.15) is 5.82 Å². The number of fused-ring (bicyclic) bond motifs is 1. The van der Waals surface area contributed by atoms with E-state index in [-0.39, 0.29) is 11.2 Å². The Labute approximate surface area is 174 Å². The SMILES string of the molecule is C[C@@H]1CCCN(Cc2nc3c(c(=O)n(C)c(=O)n3C)n2Cc2cccc(Cl)c2)C1. The summed E-state index contributed by atoms with van der Waals surface area (Å²) in [6.45, 7) is 5.42. The highest BCUT2D eigenvalue weighted by Gasteiger charge is 2.23. The van der Waals surface area contributed by atoms with E-state index in [2.05, 4.69) is 11.8 Å². The van der Waals surface area contributed by atoms with Crippen molar-refractivity contribution < 1.29 is 0 Å². The molecule has 0 unspecified atom stereocenters. The van der Waals surface area contributed by atoms with Gasteiger partial charge in [-0.15, -0.1) is 0 Å². The lowest BCUT2D eigenvalue weighted by atomic mass is 10.0. The first-order chi connectivity index (χ1) is 13.8. The molecule has 3 heterocycles. The van der Waals surface area contributed by atoms with Crippen molar-refractivity contribution >= 4 is 22.8 Å². The molecule has 7 nitrogen and oxygen atoms in total. The largest absolute Gasteiger partial charge is 0.332 e. The van der Waals surface area contributed by atoms with E-state index in [4.69, 9.17) is 16.6 Å². The summed E-state index contributed by atoms with van der Waals surface area (Å²) in [5.41, 5.74) is 1.18. The van der Waals surface area contributed by atoms with Crippen LogP contribution in [0.25, 0.3) is 11.2 Å². The molecule has 1 saturated heterocycles. The van der Waals surface area contributed by atoms with Crippen LogP contribution in [0.2, 0.25) is 5.02 Å². The first-order valence-electron chi connectivity index (χ1n) is 9.97. The van der Waals surface area contributed by atoms with Gasteiger partial charge in [-0.1, -0.05) is 30.7 Å². The smallest absolute Gasteiger partial charge is 0.317 e. The minimum absolute atomic E-state index is 0.323. The number of likely N-dealkylation sites (tertiary alicyclic amines) is 1. The van der Waals surface area contributed by atoms with Gasteiger partial charge in [-0.3, -0.25) is 18.8 Å². The topological polar surface area (TPSA) is 65.1 Å². The van der Waals surface area contributed by atoms with Gasteiger partial charge in [0, 0.05) is 32.2 Å². The lowest BCUT2D eigenvalue weighted by molar-refractivity contribution is 0.171. The van der Waals surface area contributed by atoms with Crippen LogP contribution in [0, 0.1) is 5.92 Å². The first-order valence-corrected chi connectivity index (χ1v) is 10.3. The molecule has 8 heteroatoms. The van der Waals surface area contributed by atoms with E-state index >= 15 is 0 Å². The number of nitrogens with zero attached hydrogens (tertiary/aromatic N) is 5. The number of aryl methyl sites for hydroxylation is 1. The first kappa shape index (κ1) is 19.9. The van der Waals surface area contributed by atoms with Crippen molar-refractivity contribution in [2.75, 3.05) is 13.1 Å². The zero-order chi connectivity index (χ0) is 20.7. The summed E-state index contributed by atoms with van der Waals surface area (Å²) in [6.07, 6.45) is 2.40. The van der Waals surface area contributed by atoms with E-state index in [1.807, 2.05) is 28.8 Å². The summed E-state index contributed by atoms with van der Waals surface area (Å²) >= 11 is 6.17. The van der Waals surface area contributed by atoms with E-state index in [0.29, 0.717) is 35.2 Å². The van der Waals surface area contributed by atoms with E-state index in [9.17, 15) is 9.59 Å². The standard InChI is InChI=1S/C21H26ClN5O2/c1-14-6-5-9-26(11-14)13-17-23-19-18(20(28)25(3)21(29)24(19)2)27(17)12-15-7-4-8-16(22)10-15/h4,7-8,10,14H,5-6,9,11-13H2,1-3H3/t14-/m1/s1. The molecule has 0 amide bonds. The normalized spacial score (nSPS) is 17.9. The van der Waals surface area contributed by atoms with Crippen LogP contribution in [-0.4, -0.2) is 36.7 Å². The van der Waals surface area contributed by atoms with Crippen LogP contribution in [0.5, 0.6) is 0 Å². The second-order valence-electron chi connectivity index (χ2n) is 8.10. The van der Waals surface area contributed by atoms with Crippen LogP contribution < -0.4 is 11.2 Å². The second kappa shape index (κ2) is 7.80. The molecule has 0 aliphatic carbocycles. The Kier molecular flexibility index (Phi) is 5.36. The Balaban J connectivity index is 1.86. The number of hydrogen-bond acceptors (Lipinski definition) is 4. The summed E-state index contributed by atoms with van der Waals surface area (Å²) in [4.78, 5) is 32.5. The minimum Gasteiger partial charge on any atom is -0.317 e. The van der Waals surface area contributed by atoms with Crippen molar-refractivity contribution in [2.45, 2.75) is 32.9 Å². The molecule has 0 bridgehead atoms. The maximum Gasteiger partial charge on any atom is 0.332 e. The average molecular weight is 416 g/mol. The predicted octanol–water partition coefficient (Wildman–Crippen LogP) is 2.37. The lowest BCUT2D eigenvalue weighted by Gasteiger charge is -2.30. The lowest BCUT2D eigenvalue weighted by Crippen LogP contribution is -2.37. The van der Waals surface area contributed by atoms with Crippen molar-refractivity contribution in [1.82, 2.24) is 23.6 Å². The summed E-state index contributed by atoms with van der Waals surface area (Å²) in [5.74, 6) is 1.44. The summed E-state index contributed by atoms with van der Waals surface area (Å²) in [7, 11) is 3.17. The van der Waals surface area contributed by atoms with E-state index in [1.54, 1.807) is 7.05 Å². The number of piperidine rings is 1. The second-order valence-corrected chi connectivity index (χ2v) is 8.54. The number of rotatable bonds is 4. The third-order valence-electron chi connectivity index (χ3n) is 5.76. The molecular weight excluding hydrogens is 390 g/mol. The summed E-state index contributed by atoms with van der Waals surface area (Å²) in [6, 6.07) is 7.61. The molecule has 2 aromatic heterocycles. The Morgan fingerprint density at radius 2 is 1.97 bits per heavy atom. The zero-order valence-corrected chi connectivity index (χ0v) is 17.8. The van der Waals surface area contributed by atoms with Crippen LogP contribution in [0.4, 0.5) is 0 Å². The van der Waals surface area contributed by atoms with Crippen LogP contribution in [-0.2, 0) is 27.2 Å². The van der Waals surface area contributed by atoms with Crippen molar-refractivity contribution in [2.24, 2.45) is 20.0 Å².